The normalized spacial score (nSPS) is 16.7. The zero-order valence-corrected chi connectivity index (χ0v) is 13.7. The number of hydrogen-bond donors (Lipinski definition) is 0. The number of halogens is 15. The first-order chi connectivity index (χ1) is 13.1. The highest BCUT2D eigenvalue weighted by atomic mass is 19.4. The minimum absolute atomic E-state index is 0.171. The number of alkyl halides is 15. The van der Waals surface area contributed by atoms with E-state index >= 15 is 0 Å². The van der Waals surface area contributed by atoms with Gasteiger partial charge in [0.05, 0.1) is 12.1 Å². The molecule has 17 heteroatoms. The summed E-state index contributed by atoms with van der Waals surface area (Å²) in [5.74, 6) is -30.0. The fraction of sp³-hybridized carbons (Fsp3) is 0.846. The predicted molar refractivity (Wildman–Crippen MR) is 64.5 cm³/mol. The van der Waals surface area contributed by atoms with Crippen molar-refractivity contribution in [3.63, 3.8) is 0 Å². The number of nitriles is 2. The van der Waals surface area contributed by atoms with Gasteiger partial charge in [-0.1, -0.05) is 0 Å². The molecule has 2 atom stereocenters. The molecule has 30 heavy (non-hydrogen) atoms. The van der Waals surface area contributed by atoms with Crippen molar-refractivity contribution in [1.82, 2.24) is 0 Å². The van der Waals surface area contributed by atoms with E-state index in [0.717, 1.165) is 0 Å². The molecular formula is C13H7F15N2. The van der Waals surface area contributed by atoms with Crippen LogP contribution in [0.4, 0.5) is 65.9 Å². The molecule has 2 unspecified atom stereocenters. The highest BCUT2D eigenvalue weighted by Gasteiger charge is 2.85. The zero-order chi connectivity index (χ0) is 24.6. The Balaban J connectivity index is 6.41. The molecule has 0 N–H and O–H groups in total. The lowest BCUT2D eigenvalue weighted by atomic mass is 9.76. The summed E-state index contributed by atoms with van der Waals surface area (Å²) >= 11 is 0. The Morgan fingerprint density at radius 2 is 0.967 bits per heavy atom. The average molecular weight is 476 g/mol. The van der Waals surface area contributed by atoms with E-state index in [1.54, 1.807) is 0 Å². The van der Waals surface area contributed by atoms with Crippen molar-refractivity contribution in [3.05, 3.63) is 0 Å². The summed E-state index contributed by atoms with van der Waals surface area (Å²) in [6.45, 7) is 0. The van der Waals surface area contributed by atoms with Crippen LogP contribution in [0.1, 0.15) is 12.8 Å². The van der Waals surface area contributed by atoms with Gasteiger partial charge in [0.25, 0.3) is 6.43 Å². The van der Waals surface area contributed by atoms with Crippen molar-refractivity contribution in [3.8, 4) is 12.1 Å². The molecule has 0 saturated heterocycles. The van der Waals surface area contributed by atoms with Crippen molar-refractivity contribution < 1.29 is 65.9 Å². The third kappa shape index (κ3) is 4.49. The summed E-state index contributed by atoms with van der Waals surface area (Å²) in [5.41, 5.74) is -4.41. The van der Waals surface area contributed by atoms with Gasteiger partial charge in [-0.2, -0.15) is 58.8 Å². The molecule has 0 amide bonds. The van der Waals surface area contributed by atoms with Crippen molar-refractivity contribution in [2.24, 2.45) is 5.41 Å². The van der Waals surface area contributed by atoms with Crippen molar-refractivity contribution >= 4 is 0 Å². The molecule has 0 saturated carbocycles. The molecule has 0 aliphatic carbocycles. The largest absolute Gasteiger partial charge is 0.389 e. The standard InChI is InChI=1S/C13H7F15N2/c14-5(6(15)16)10(21,22)12(25,26)13(27,28)11(23,24)7(17)8(3-29,4-30)1-2-9(18,19)20/h5-7H,1-2H2. The monoisotopic (exact) mass is 476 g/mol. The second-order valence-corrected chi connectivity index (χ2v) is 5.80. The van der Waals surface area contributed by atoms with Gasteiger partial charge in [-0.3, -0.25) is 0 Å². The van der Waals surface area contributed by atoms with Crippen LogP contribution in [0.2, 0.25) is 0 Å². The van der Waals surface area contributed by atoms with Crippen LogP contribution in [0, 0.1) is 28.1 Å². The summed E-state index contributed by atoms with van der Waals surface area (Å²) in [6, 6.07) is 0.342. The molecule has 0 spiro atoms. The van der Waals surface area contributed by atoms with Crippen molar-refractivity contribution in [2.75, 3.05) is 0 Å². The van der Waals surface area contributed by atoms with Crippen LogP contribution < -0.4 is 0 Å². The highest BCUT2D eigenvalue weighted by molar-refractivity contribution is 5.23. The lowest BCUT2D eigenvalue weighted by Crippen LogP contribution is -2.69. The van der Waals surface area contributed by atoms with Gasteiger partial charge < -0.3 is 0 Å². The molecule has 0 aliphatic heterocycles. The van der Waals surface area contributed by atoms with E-state index in [1.807, 2.05) is 0 Å². The van der Waals surface area contributed by atoms with Gasteiger partial charge in [-0.15, -0.1) is 0 Å². The molecular weight excluding hydrogens is 469 g/mol. The summed E-state index contributed by atoms with van der Waals surface area (Å²) in [6.07, 6.45) is -26.0. The molecule has 0 aromatic rings. The first-order valence-corrected chi connectivity index (χ1v) is 7.06. The van der Waals surface area contributed by atoms with E-state index in [0.29, 0.717) is 0 Å². The predicted octanol–water partition coefficient (Wildman–Crippen LogP) is 5.84. The third-order valence-electron chi connectivity index (χ3n) is 3.75. The van der Waals surface area contributed by atoms with E-state index in [9.17, 15) is 65.9 Å². The van der Waals surface area contributed by atoms with Gasteiger partial charge in [-0.25, -0.2) is 17.6 Å². The average Bonchev–Trinajstić information content (AvgIpc) is 2.60. The lowest BCUT2D eigenvalue weighted by molar-refractivity contribution is -0.390. The van der Waals surface area contributed by atoms with Crippen LogP contribution in [0.3, 0.4) is 0 Å². The van der Waals surface area contributed by atoms with E-state index in [2.05, 4.69) is 0 Å². The molecule has 0 heterocycles. The second-order valence-electron chi connectivity index (χ2n) is 5.80. The Morgan fingerprint density at radius 1 is 0.600 bits per heavy atom. The van der Waals surface area contributed by atoms with Crippen molar-refractivity contribution in [1.29, 1.82) is 10.5 Å². The molecule has 2 nitrogen and oxygen atoms in total. The minimum Gasteiger partial charge on any atom is -0.238 e. The van der Waals surface area contributed by atoms with E-state index in [-0.39, 0.29) is 12.1 Å². The summed E-state index contributed by atoms with van der Waals surface area (Å²) in [4.78, 5) is 0. The van der Waals surface area contributed by atoms with Crippen LogP contribution in [-0.4, -0.2) is 48.6 Å². The molecule has 0 aliphatic rings. The summed E-state index contributed by atoms with van der Waals surface area (Å²) in [7, 11) is 0. The SMILES string of the molecule is N#CC(C#N)(CCC(F)(F)F)C(F)C(F)(F)C(F)(F)C(F)(F)C(F)(F)C(F)C(F)F. The van der Waals surface area contributed by atoms with Gasteiger partial charge >= 0.3 is 29.9 Å². The Hall–Kier alpha value is -2.07. The third-order valence-corrected chi connectivity index (χ3v) is 3.75. The molecule has 0 aromatic carbocycles. The second kappa shape index (κ2) is 8.22. The maximum Gasteiger partial charge on any atom is 0.389 e. The molecule has 174 valence electrons. The number of rotatable bonds is 9. The minimum atomic E-state index is -7.75. The Morgan fingerprint density at radius 3 is 1.27 bits per heavy atom. The number of hydrogen-bond acceptors (Lipinski definition) is 2. The summed E-state index contributed by atoms with van der Waals surface area (Å²) in [5, 5.41) is 17.1. The van der Waals surface area contributed by atoms with Crippen molar-refractivity contribution in [2.45, 2.75) is 61.5 Å². The maximum atomic E-state index is 14.0. The Kier molecular flexibility index (Phi) is 7.65. The van der Waals surface area contributed by atoms with Crippen LogP contribution in [-0.2, 0) is 0 Å². The van der Waals surface area contributed by atoms with Gasteiger partial charge in [0.2, 0.25) is 12.3 Å². The van der Waals surface area contributed by atoms with Gasteiger partial charge in [0.1, 0.15) is 0 Å². The molecule has 0 fully saturated rings. The number of nitrogens with zero attached hydrogens (tertiary/aromatic N) is 2. The quantitative estimate of drug-likeness (QED) is 0.393. The fourth-order valence-electron chi connectivity index (χ4n) is 1.93. The highest BCUT2D eigenvalue weighted by Crippen LogP contribution is 2.58. The summed E-state index contributed by atoms with van der Waals surface area (Å²) < 4.78 is 194. The van der Waals surface area contributed by atoms with Gasteiger partial charge in [0.15, 0.2) is 5.41 Å². The smallest absolute Gasteiger partial charge is 0.238 e. The molecule has 0 rings (SSSR count). The first-order valence-electron chi connectivity index (χ1n) is 7.06. The van der Waals surface area contributed by atoms with E-state index in [4.69, 9.17) is 10.5 Å². The molecule has 0 radical (unpaired) electrons. The Bertz CT molecular complexity index is 670. The zero-order valence-electron chi connectivity index (χ0n) is 13.7. The fourth-order valence-corrected chi connectivity index (χ4v) is 1.93. The first kappa shape index (κ1) is 27.9. The maximum absolute atomic E-state index is 14.0. The van der Waals surface area contributed by atoms with Crippen LogP contribution >= 0.6 is 0 Å². The van der Waals surface area contributed by atoms with Gasteiger partial charge in [0, 0.05) is 6.42 Å². The van der Waals surface area contributed by atoms with Crippen LogP contribution in [0.15, 0.2) is 0 Å². The lowest BCUT2D eigenvalue weighted by Gasteiger charge is -2.40. The topological polar surface area (TPSA) is 47.6 Å². The van der Waals surface area contributed by atoms with E-state index < -0.39 is 66.9 Å². The van der Waals surface area contributed by atoms with E-state index in [1.165, 1.54) is 0 Å². The Labute approximate surface area is 156 Å². The molecule has 0 bridgehead atoms. The van der Waals surface area contributed by atoms with Crippen LogP contribution in [0.5, 0.6) is 0 Å². The van der Waals surface area contributed by atoms with Gasteiger partial charge in [-0.05, 0) is 6.42 Å². The van der Waals surface area contributed by atoms with Crippen LogP contribution in [0.25, 0.3) is 0 Å². The molecule has 0 aromatic heterocycles.